The summed E-state index contributed by atoms with van der Waals surface area (Å²) >= 11 is 1.03. The molecule has 1 aliphatic rings. The molecule has 1 amide bonds. The highest BCUT2D eigenvalue weighted by atomic mass is 32.1. The van der Waals surface area contributed by atoms with Gasteiger partial charge < -0.3 is 9.64 Å². The number of amides is 1. The van der Waals surface area contributed by atoms with E-state index in [4.69, 9.17) is 4.74 Å². The first kappa shape index (κ1) is 15.7. The average Bonchev–Trinajstić information content (AvgIpc) is 2.87. The highest BCUT2D eigenvalue weighted by Crippen LogP contribution is 2.29. The number of carbonyl (C=O) groups excluding carboxylic acids is 1. The molecule has 2 aromatic rings. The molecule has 0 spiro atoms. The van der Waals surface area contributed by atoms with Crippen molar-refractivity contribution < 1.29 is 22.7 Å². The number of aromatic nitrogens is 3. The molecule has 0 N–H and O–H groups in total. The summed E-state index contributed by atoms with van der Waals surface area (Å²) in [6, 6.07) is 2.08. The van der Waals surface area contributed by atoms with E-state index in [1.165, 1.54) is 6.07 Å². The van der Waals surface area contributed by atoms with Crippen molar-refractivity contribution in [2.24, 2.45) is 0 Å². The van der Waals surface area contributed by atoms with Gasteiger partial charge in [-0.1, -0.05) is 4.49 Å². The summed E-state index contributed by atoms with van der Waals surface area (Å²) in [4.78, 5) is 17.8. The van der Waals surface area contributed by atoms with Crippen LogP contribution in [0, 0.1) is 6.92 Å². The van der Waals surface area contributed by atoms with Crippen LogP contribution in [-0.4, -0.2) is 44.6 Å². The van der Waals surface area contributed by atoms with Gasteiger partial charge in [0.2, 0.25) is 5.88 Å². The van der Waals surface area contributed by atoms with Gasteiger partial charge in [-0.3, -0.25) is 4.79 Å². The molecule has 23 heavy (non-hydrogen) atoms. The Morgan fingerprint density at radius 1 is 1.39 bits per heavy atom. The molecular formula is C13H11F3N4O2S. The maximum Gasteiger partial charge on any atom is 0.417 e. The molecule has 0 radical (unpaired) electrons. The first-order valence-electron chi connectivity index (χ1n) is 6.62. The Hall–Kier alpha value is -2.23. The Balaban J connectivity index is 1.54. The van der Waals surface area contributed by atoms with Crippen molar-refractivity contribution in [2.75, 3.05) is 13.1 Å². The highest BCUT2D eigenvalue weighted by molar-refractivity contribution is 7.07. The van der Waals surface area contributed by atoms with Gasteiger partial charge >= 0.3 is 6.18 Å². The molecule has 0 aliphatic carbocycles. The van der Waals surface area contributed by atoms with Crippen LogP contribution in [0.4, 0.5) is 13.2 Å². The minimum Gasteiger partial charge on any atom is -0.471 e. The number of ether oxygens (including phenoxy) is 1. The third-order valence-corrected chi connectivity index (χ3v) is 4.15. The molecule has 0 bridgehead atoms. The number of alkyl halides is 3. The van der Waals surface area contributed by atoms with E-state index in [1.54, 1.807) is 11.8 Å². The van der Waals surface area contributed by atoms with E-state index in [0.717, 1.165) is 23.8 Å². The molecule has 3 heterocycles. The number of rotatable bonds is 3. The Morgan fingerprint density at radius 3 is 2.65 bits per heavy atom. The van der Waals surface area contributed by atoms with Gasteiger partial charge in [-0.25, -0.2) is 4.98 Å². The number of hydrogen-bond acceptors (Lipinski definition) is 6. The van der Waals surface area contributed by atoms with Crippen molar-refractivity contribution in [1.82, 2.24) is 19.5 Å². The van der Waals surface area contributed by atoms with Crippen LogP contribution < -0.4 is 4.74 Å². The summed E-state index contributed by atoms with van der Waals surface area (Å²) in [5.41, 5.74) is -0.253. The number of hydrogen-bond donors (Lipinski definition) is 0. The van der Waals surface area contributed by atoms with Gasteiger partial charge in [-0.15, -0.1) is 5.10 Å². The first-order valence-corrected chi connectivity index (χ1v) is 7.40. The quantitative estimate of drug-likeness (QED) is 0.854. The van der Waals surface area contributed by atoms with Crippen molar-refractivity contribution in [1.29, 1.82) is 0 Å². The molecule has 1 fully saturated rings. The van der Waals surface area contributed by atoms with Gasteiger partial charge in [0.15, 0.2) is 0 Å². The molecule has 3 rings (SSSR count). The lowest BCUT2D eigenvalue weighted by molar-refractivity contribution is -0.137. The predicted octanol–water partition coefficient (Wildman–Crippen LogP) is 2.16. The van der Waals surface area contributed by atoms with Crippen LogP contribution in [0.1, 0.15) is 20.9 Å². The smallest absolute Gasteiger partial charge is 0.417 e. The minimum absolute atomic E-state index is 0.103. The lowest BCUT2D eigenvalue weighted by atomic mass is 10.1. The van der Waals surface area contributed by atoms with E-state index in [0.29, 0.717) is 23.7 Å². The van der Waals surface area contributed by atoms with Crippen LogP contribution in [0.25, 0.3) is 0 Å². The summed E-state index contributed by atoms with van der Waals surface area (Å²) in [6.07, 6.45) is -3.99. The molecule has 0 unspecified atom stereocenters. The fourth-order valence-electron chi connectivity index (χ4n) is 2.04. The second kappa shape index (κ2) is 5.76. The molecular weight excluding hydrogens is 333 g/mol. The standard InChI is InChI=1S/C13H11F3N4O2S/c1-7-11(23-19-18-7)12(21)20-5-9(6-20)22-10-3-2-8(4-17-10)13(14,15)16/h2-4,9H,5-6H2,1H3. The van der Waals surface area contributed by atoms with Crippen molar-refractivity contribution >= 4 is 17.4 Å². The number of carbonyl (C=O) groups is 1. The zero-order valence-corrected chi connectivity index (χ0v) is 12.7. The van der Waals surface area contributed by atoms with Crippen molar-refractivity contribution in [3.05, 3.63) is 34.5 Å². The summed E-state index contributed by atoms with van der Waals surface area (Å²) in [6.45, 7) is 2.40. The van der Waals surface area contributed by atoms with Crippen LogP contribution >= 0.6 is 11.5 Å². The third-order valence-electron chi connectivity index (χ3n) is 3.33. The largest absolute Gasteiger partial charge is 0.471 e. The number of aryl methyl sites for hydroxylation is 1. The van der Waals surface area contributed by atoms with Gasteiger partial charge in [0.25, 0.3) is 5.91 Å². The van der Waals surface area contributed by atoms with Crippen LogP contribution in [0.3, 0.4) is 0 Å². The second-order valence-electron chi connectivity index (χ2n) is 5.02. The maximum absolute atomic E-state index is 12.4. The molecule has 1 saturated heterocycles. The average molecular weight is 344 g/mol. The molecule has 0 atom stereocenters. The summed E-state index contributed by atoms with van der Waals surface area (Å²) < 4.78 is 46.5. The number of pyridine rings is 1. The van der Waals surface area contributed by atoms with E-state index in [-0.39, 0.29) is 17.9 Å². The normalized spacial score (nSPS) is 15.4. The Bertz CT molecular complexity index is 711. The predicted molar refractivity (Wildman–Crippen MR) is 74.2 cm³/mol. The second-order valence-corrected chi connectivity index (χ2v) is 5.77. The zero-order chi connectivity index (χ0) is 16.6. The lowest BCUT2D eigenvalue weighted by Gasteiger charge is -2.38. The van der Waals surface area contributed by atoms with E-state index in [2.05, 4.69) is 14.6 Å². The molecule has 10 heteroatoms. The topological polar surface area (TPSA) is 68.2 Å². The number of nitrogens with zero attached hydrogens (tertiary/aromatic N) is 4. The molecule has 0 aromatic carbocycles. The van der Waals surface area contributed by atoms with Crippen molar-refractivity contribution in [2.45, 2.75) is 19.2 Å². The van der Waals surface area contributed by atoms with Gasteiger partial charge in [-0.05, 0) is 24.5 Å². The monoisotopic (exact) mass is 344 g/mol. The van der Waals surface area contributed by atoms with Gasteiger partial charge in [0.05, 0.1) is 24.3 Å². The number of halogens is 3. The fraction of sp³-hybridized carbons (Fsp3) is 0.385. The maximum atomic E-state index is 12.4. The van der Waals surface area contributed by atoms with E-state index in [9.17, 15) is 18.0 Å². The molecule has 2 aromatic heterocycles. The Labute approximate surface area is 133 Å². The highest BCUT2D eigenvalue weighted by Gasteiger charge is 2.35. The molecule has 0 saturated carbocycles. The summed E-state index contributed by atoms with van der Waals surface area (Å²) in [7, 11) is 0. The first-order chi connectivity index (χ1) is 10.8. The van der Waals surface area contributed by atoms with Gasteiger partial charge in [-0.2, -0.15) is 13.2 Å². The molecule has 1 aliphatic heterocycles. The van der Waals surface area contributed by atoms with Crippen LogP contribution in [-0.2, 0) is 6.18 Å². The van der Waals surface area contributed by atoms with Crippen LogP contribution in [0.2, 0.25) is 0 Å². The van der Waals surface area contributed by atoms with E-state index < -0.39 is 11.7 Å². The SMILES string of the molecule is Cc1nnsc1C(=O)N1CC(Oc2ccc(C(F)(F)F)cn2)C1. The van der Waals surface area contributed by atoms with E-state index in [1.807, 2.05) is 0 Å². The fourth-order valence-corrected chi connectivity index (χ4v) is 2.66. The van der Waals surface area contributed by atoms with Crippen LogP contribution in [0.15, 0.2) is 18.3 Å². The lowest BCUT2D eigenvalue weighted by Crippen LogP contribution is -2.56. The summed E-state index contributed by atoms with van der Waals surface area (Å²) in [5.74, 6) is -0.0662. The van der Waals surface area contributed by atoms with Crippen LogP contribution in [0.5, 0.6) is 5.88 Å². The van der Waals surface area contributed by atoms with Gasteiger partial charge in [0.1, 0.15) is 11.0 Å². The van der Waals surface area contributed by atoms with Crippen molar-refractivity contribution in [3.63, 3.8) is 0 Å². The van der Waals surface area contributed by atoms with Gasteiger partial charge in [0, 0.05) is 12.3 Å². The minimum atomic E-state index is -4.42. The number of likely N-dealkylation sites (tertiary alicyclic amines) is 1. The summed E-state index contributed by atoms with van der Waals surface area (Å²) in [5, 5.41) is 3.78. The van der Waals surface area contributed by atoms with E-state index >= 15 is 0 Å². The molecule has 122 valence electrons. The van der Waals surface area contributed by atoms with Crippen molar-refractivity contribution in [3.8, 4) is 5.88 Å². The molecule has 6 nitrogen and oxygen atoms in total. The Kier molecular flexibility index (Phi) is 3.92. The zero-order valence-electron chi connectivity index (χ0n) is 11.9. The Morgan fingerprint density at radius 2 is 2.13 bits per heavy atom. The third kappa shape index (κ3) is 3.26.